The van der Waals surface area contributed by atoms with Crippen LogP contribution in [0.3, 0.4) is 0 Å². The van der Waals surface area contributed by atoms with E-state index in [1.165, 1.54) is 18.3 Å². The second-order valence-corrected chi connectivity index (χ2v) is 6.42. The zero-order chi connectivity index (χ0) is 16.0. The Bertz CT molecular complexity index is 719. The number of sulfonamides is 1. The Kier molecular flexibility index (Phi) is 5.33. The summed E-state index contributed by atoms with van der Waals surface area (Å²) in [5.41, 5.74) is 1.88. The Hall–Kier alpha value is -2.14. The maximum atomic E-state index is 12.1. The predicted octanol–water partition coefficient (Wildman–Crippen LogP) is 3.34. The Morgan fingerprint density at radius 1 is 0.955 bits per heavy atom. The Morgan fingerprint density at radius 3 is 2.09 bits per heavy atom. The number of hydrogen-bond acceptors (Lipinski definition) is 3. The van der Waals surface area contributed by atoms with Crippen LogP contribution in [0.1, 0.15) is 19.4 Å². The molecule has 0 aliphatic heterocycles. The summed E-state index contributed by atoms with van der Waals surface area (Å²) in [5.74, 6) is 0. The van der Waals surface area contributed by atoms with Gasteiger partial charge >= 0.3 is 0 Å². The summed E-state index contributed by atoms with van der Waals surface area (Å²) >= 11 is 0. The molecule has 0 aliphatic carbocycles. The minimum atomic E-state index is -3.64. The molecule has 2 rings (SSSR count). The average molecular weight is 316 g/mol. The van der Waals surface area contributed by atoms with Gasteiger partial charge in [0.1, 0.15) is 0 Å². The summed E-state index contributed by atoms with van der Waals surface area (Å²) in [7, 11) is -3.64. The van der Waals surface area contributed by atoms with Crippen molar-refractivity contribution in [3.8, 4) is 0 Å². The van der Waals surface area contributed by atoms with Crippen LogP contribution in [-0.2, 0) is 10.0 Å². The van der Waals surface area contributed by atoms with Crippen LogP contribution >= 0.6 is 0 Å². The van der Waals surface area contributed by atoms with E-state index < -0.39 is 10.0 Å². The fraction of sp³-hybridized carbons (Fsp3) is 0.235. The maximum Gasteiger partial charge on any atom is 0.282 e. The van der Waals surface area contributed by atoms with Crippen molar-refractivity contribution in [3.63, 3.8) is 0 Å². The number of hydrogen-bond donors (Lipinski definition) is 0. The molecule has 0 N–H and O–H groups in total. The molecule has 0 amide bonds. The topological polar surface area (TPSA) is 49.7 Å². The first-order chi connectivity index (χ1) is 10.6. The van der Waals surface area contributed by atoms with Crippen molar-refractivity contribution in [1.29, 1.82) is 0 Å². The molecule has 0 spiro atoms. The highest BCUT2D eigenvalue weighted by Crippen LogP contribution is 2.15. The van der Waals surface area contributed by atoms with E-state index in [1.54, 1.807) is 18.2 Å². The van der Waals surface area contributed by atoms with Crippen LogP contribution in [0.4, 0.5) is 5.69 Å². The van der Waals surface area contributed by atoms with Crippen molar-refractivity contribution >= 4 is 21.9 Å². The van der Waals surface area contributed by atoms with Crippen molar-refractivity contribution in [2.45, 2.75) is 18.7 Å². The monoisotopic (exact) mass is 316 g/mol. The van der Waals surface area contributed by atoms with Crippen molar-refractivity contribution in [2.75, 3.05) is 18.0 Å². The number of anilines is 1. The van der Waals surface area contributed by atoms with E-state index in [0.717, 1.165) is 24.3 Å². The molecule has 0 unspecified atom stereocenters. The highest BCUT2D eigenvalue weighted by molar-refractivity contribution is 7.90. The van der Waals surface area contributed by atoms with Gasteiger partial charge in [-0.05, 0) is 43.7 Å². The fourth-order valence-electron chi connectivity index (χ4n) is 2.14. The normalized spacial score (nSPS) is 11.7. The van der Waals surface area contributed by atoms with Gasteiger partial charge in [0, 0.05) is 25.0 Å². The molecule has 0 saturated carbocycles. The molecular formula is C17H20N2O2S. The van der Waals surface area contributed by atoms with E-state index in [-0.39, 0.29) is 4.90 Å². The number of nitrogens with zero attached hydrogens (tertiary/aromatic N) is 2. The Labute approximate surface area is 132 Å². The molecule has 4 nitrogen and oxygen atoms in total. The van der Waals surface area contributed by atoms with Gasteiger partial charge in [0.25, 0.3) is 10.0 Å². The molecule has 0 atom stereocenters. The molecule has 116 valence electrons. The molecule has 0 saturated heterocycles. The SMILES string of the molecule is CCN(CC)c1ccc(/C=N\S(=O)(=O)c2ccccc2)cc1. The third kappa shape index (κ3) is 3.95. The third-order valence-electron chi connectivity index (χ3n) is 3.40. The van der Waals surface area contributed by atoms with Gasteiger partial charge in [-0.1, -0.05) is 30.3 Å². The smallest absolute Gasteiger partial charge is 0.282 e. The number of rotatable bonds is 6. The van der Waals surface area contributed by atoms with E-state index >= 15 is 0 Å². The van der Waals surface area contributed by atoms with Crippen LogP contribution in [0.25, 0.3) is 0 Å². The Balaban J connectivity index is 2.17. The second kappa shape index (κ2) is 7.22. The standard InChI is InChI=1S/C17H20N2O2S/c1-3-19(4-2)16-12-10-15(11-13-16)14-18-22(20,21)17-8-6-5-7-9-17/h5-14H,3-4H2,1-2H3/b18-14-. The molecule has 0 aliphatic rings. The van der Waals surface area contributed by atoms with Gasteiger partial charge in [-0.25, -0.2) is 0 Å². The lowest BCUT2D eigenvalue weighted by Gasteiger charge is -2.20. The van der Waals surface area contributed by atoms with Gasteiger partial charge in [-0.2, -0.15) is 12.8 Å². The summed E-state index contributed by atoms with van der Waals surface area (Å²) in [4.78, 5) is 2.42. The Morgan fingerprint density at radius 2 is 1.55 bits per heavy atom. The van der Waals surface area contributed by atoms with Gasteiger partial charge in [0.2, 0.25) is 0 Å². The average Bonchev–Trinajstić information content (AvgIpc) is 2.56. The molecule has 0 bridgehead atoms. The summed E-state index contributed by atoms with van der Waals surface area (Å²) in [5, 5.41) is 0. The summed E-state index contributed by atoms with van der Waals surface area (Å²) in [6.45, 7) is 6.08. The molecule has 0 fully saturated rings. The molecule has 0 aromatic heterocycles. The highest BCUT2D eigenvalue weighted by Gasteiger charge is 2.10. The molecule has 2 aromatic rings. The maximum absolute atomic E-state index is 12.1. The van der Waals surface area contributed by atoms with E-state index in [9.17, 15) is 8.42 Å². The van der Waals surface area contributed by atoms with Crippen LogP contribution in [0.15, 0.2) is 63.9 Å². The van der Waals surface area contributed by atoms with Crippen LogP contribution in [-0.4, -0.2) is 27.7 Å². The molecular weight excluding hydrogens is 296 g/mol. The van der Waals surface area contributed by atoms with Crippen LogP contribution in [0.2, 0.25) is 0 Å². The lowest BCUT2D eigenvalue weighted by atomic mass is 10.2. The molecule has 0 heterocycles. The fourth-order valence-corrected chi connectivity index (χ4v) is 3.03. The van der Waals surface area contributed by atoms with Crippen LogP contribution in [0, 0.1) is 0 Å². The van der Waals surface area contributed by atoms with Gasteiger partial charge in [-0.3, -0.25) is 0 Å². The predicted molar refractivity (Wildman–Crippen MR) is 91.2 cm³/mol. The molecule has 2 aromatic carbocycles. The number of benzene rings is 2. The summed E-state index contributed by atoms with van der Waals surface area (Å²) < 4.78 is 27.9. The van der Waals surface area contributed by atoms with Crippen LogP contribution < -0.4 is 4.90 Å². The van der Waals surface area contributed by atoms with E-state index in [0.29, 0.717) is 0 Å². The first-order valence-electron chi connectivity index (χ1n) is 7.27. The molecule has 5 heteroatoms. The van der Waals surface area contributed by atoms with Gasteiger partial charge < -0.3 is 4.90 Å². The summed E-state index contributed by atoms with van der Waals surface area (Å²) in [6.07, 6.45) is 1.38. The van der Waals surface area contributed by atoms with Gasteiger partial charge in [0.15, 0.2) is 0 Å². The third-order valence-corrected chi connectivity index (χ3v) is 4.65. The lowest BCUT2D eigenvalue weighted by Crippen LogP contribution is -2.21. The largest absolute Gasteiger partial charge is 0.372 e. The van der Waals surface area contributed by atoms with Crippen LogP contribution in [0.5, 0.6) is 0 Å². The van der Waals surface area contributed by atoms with Gasteiger partial charge in [0.05, 0.1) is 4.90 Å². The quantitative estimate of drug-likeness (QED) is 0.768. The lowest BCUT2D eigenvalue weighted by molar-refractivity contribution is 0.598. The van der Waals surface area contributed by atoms with E-state index in [2.05, 4.69) is 23.1 Å². The second-order valence-electron chi connectivity index (χ2n) is 4.79. The highest BCUT2D eigenvalue weighted by atomic mass is 32.2. The molecule has 0 radical (unpaired) electrons. The van der Waals surface area contributed by atoms with E-state index in [4.69, 9.17) is 0 Å². The van der Waals surface area contributed by atoms with Crippen molar-refractivity contribution in [2.24, 2.45) is 4.40 Å². The minimum Gasteiger partial charge on any atom is -0.372 e. The zero-order valence-electron chi connectivity index (χ0n) is 12.8. The van der Waals surface area contributed by atoms with Crippen molar-refractivity contribution in [1.82, 2.24) is 0 Å². The van der Waals surface area contributed by atoms with Crippen molar-refractivity contribution in [3.05, 3.63) is 60.2 Å². The minimum absolute atomic E-state index is 0.200. The molecule has 22 heavy (non-hydrogen) atoms. The van der Waals surface area contributed by atoms with Crippen molar-refractivity contribution < 1.29 is 8.42 Å². The zero-order valence-corrected chi connectivity index (χ0v) is 13.6. The van der Waals surface area contributed by atoms with Gasteiger partial charge in [-0.15, -0.1) is 0 Å². The first kappa shape index (κ1) is 16.2. The first-order valence-corrected chi connectivity index (χ1v) is 8.71. The van der Waals surface area contributed by atoms with E-state index in [1.807, 2.05) is 24.3 Å². The summed E-state index contributed by atoms with van der Waals surface area (Å²) in [6, 6.07) is 15.9.